The summed E-state index contributed by atoms with van der Waals surface area (Å²) in [6.45, 7) is 6.57. The molecule has 1 rings (SSSR count). The van der Waals surface area contributed by atoms with E-state index in [1.165, 1.54) is 0 Å². The van der Waals surface area contributed by atoms with Crippen LogP contribution in [0, 0.1) is 5.41 Å². The molecule has 4 N–H and O–H groups in total. The molecule has 0 radical (unpaired) electrons. The van der Waals surface area contributed by atoms with Crippen molar-refractivity contribution < 1.29 is 9.90 Å². The molecule has 106 valence electrons. The van der Waals surface area contributed by atoms with Crippen molar-refractivity contribution in [1.29, 1.82) is 0 Å². The molecule has 0 saturated heterocycles. The normalized spacial score (nSPS) is 14.8. The van der Waals surface area contributed by atoms with Gasteiger partial charge in [0.2, 0.25) is 5.91 Å². The van der Waals surface area contributed by atoms with Gasteiger partial charge in [0.1, 0.15) is 6.10 Å². The van der Waals surface area contributed by atoms with Crippen LogP contribution < -0.4 is 11.1 Å². The van der Waals surface area contributed by atoms with Crippen molar-refractivity contribution in [1.82, 2.24) is 5.32 Å². The highest BCUT2D eigenvalue weighted by Gasteiger charge is 2.24. The number of nitrogens with two attached hydrogens (primary N) is 1. The van der Waals surface area contributed by atoms with Crippen LogP contribution >= 0.6 is 0 Å². The molecule has 2 atom stereocenters. The zero-order valence-corrected chi connectivity index (χ0v) is 11.9. The maximum Gasteiger partial charge on any atom is 0.250 e. The maximum absolute atomic E-state index is 11.8. The second-order valence-corrected chi connectivity index (χ2v) is 6.08. The number of hydrogen-bond donors (Lipinski definition) is 3. The molecule has 1 aromatic carbocycles. The minimum atomic E-state index is -1.18. The van der Waals surface area contributed by atoms with Crippen LogP contribution in [-0.2, 0) is 11.2 Å². The van der Waals surface area contributed by atoms with Gasteiger partial charge in [0.05, 0.1) is 0 Å². The smallest absolute Gasteiger partial charge is 0.250 e. The van der Waals surface area contributed by atoms with E-state index in [0.29, 0.717) is 13.0 Å². The van der Waals surface area contributed by atoms with Crippen LogP contribution in [0.15, 0.2) is 30.3 Å². The Labute approximate surface area is 115 Å². The zero-order valence-electron chi connectivity index (χ0n) is 11.9. The van der Waals surface area contributed by atoms with E-state index < -0.39 is 18.1 Å². The van der Waals surface area contributed by atoms with E-state index in [4.69, 9.17) is 5.73 Å². The Hall–Kier alpha value is -1.39. The minimum absolute atomic E-state index is 0.0150. The van der Waals surface area contributed by atoms with Gasteiger partial charge in [-0.3, -0.25) is 4.79 Å². The highest BCUT2D eigenvalue weighted by molar-refractivity contribution is 5.81. The lowest BCUT2D eigenvalue weighted by atomic mass is 9.96. The lowest BCUT2D eigenvalue weighted by Crippen LogP contribution is -2.48. The molecule has 0 heterocycles. The van der Waals surface area contributed by atoms with Crippen molar-refractivity contribution in [2.45, 2.75) is 39.3 Å². The van der Waals surface area contributed by atoms with Gasteiger partial charge >= 0.3 is 0 Å². The van der Waals surface area contributed by atoms with Crippen LogP contribution in [0.1, 0.15) is 26.3 Å². The molecular weight excluding hydrogens is 240 g/mol. The van der Waals surface area contributed by atoms with E-state index >= 15 is 0 Å². The molecule has 0 saturated carbocycles. The molecular formula is C15H24N2O2. The van der Waals surface area contributed by atoms with E-state index in [9.17, 15) is 9.90 Å². The van der Waals surface area contributed by atoms with E-state index in [0.717, 1.165) is 5.56 Å². The van der Waals surface area contributed by atoms with Gasteiger partial charge in [0, 0.05) is 12.6 Å². The summed E-state index contributed by atoms with van der Waals surface area (Å²) < 4.78 is 0. The number of benzene rings is 1. The maximum atomic E-state index is 11.8. The summed E-state index contributed by atoms with van der Waals surface area (Å²) in [5.74, 6) is -0.404. The number of carbonyl (C=O) groups excluding carboxylic acids is 1. The highest BCUT2D eigenvalue weighted by atomic mass is 16.3. The van der Waals surface area contributed by atoms with E-state index in [-0.39, 0.29) is 5.41 Å². The first-order valence-corrected chi connectivity index (χ1v) is 6.55. The standard InChI is InChI=1S/C15H24N2O2/c1-15(2,3)10-17-14(19)13(18)12(16)9-11-7-5-4-6-8-11/h4-8,12-13,18H,9-10,16H2,1-3H3,(H,17,19)/t12-,13?/m0/s1. The fourth-order valence-electron chi connectivity index (χ4n) is 1.65. The molecule has 1 amide bonds. The Kier molecular flexibility index (Phi) is 5.51. The Morgan fingerprint density at radius 3 is 2.42 bits per heavy atom. The Balaban J connectivity index is 2.48. The zero-order chi connectivity index (χ0) is 14.5. The molecule has 4 nitrogen and oxygen atoms in total. The average Bonchev–Trinajstić information content (AvgIpc) is 2.35. The van der Waals surface area contributed by atoms with E-state index in [2.05, 4.69) is 5.32 Å². The van der Waals surface area contributed by atoms with Crippen LogP contribution in [0.4, 0.5) is 0 Å². The molecule has 0 aliphatic rings. The molecule has 0 aliphatic heterocycles. The van der Waals surface area contributed by atoms with Gasteiger partial charge in [-0.1, -0.05) is 51.1 Å². The van der Waals surface area contributed by atoms with Gasteiger partial charge in [-0.15, -0.1) is 0 Å². The summed E-state index contributed by atoms with van der Waals surface area (Å²) >= 11 is 0. The van der Waals surface area contributed by atoms with Crippen LogP contribution in [0.25, 0.3) is 0 Å². The first-order valence-electron chi connectivity index (χ1n) is 6.55. The number of amides is 1. The number of hydrogen-bond acceptors (Lipinski definition) is 3. The fraction of sp³-hybridized carbons (Fsp3) is 0.533. The molecule has 1 aromatic rings. The molecule has 0 spiro atoms. The third kappa shape index (κ3) is 5.85. The first kappa shape index (κ1) is 15.7. The number of rotatable bonds is 5. The van der Waals surface area contributed by atoms with Gasteiger partial charge in [-0.2, -0.15) is 0 Å². The summed E-state index contributed by atoms with van der Waals surface area (Å²) in [7, 11) is 0. The first-order chi connectivity index (χ1) is 8.79. The molecule has 0 aromatic heterocycles. The van der Waals surface area contributed by atoms with Crippen LogP contribution in [0.5, 0.6) is 0 Å². The fourth-order valence-corrected chi connectivity index (χ4v) is 1.65. The van der Waals surface area contributed by atoms with Gasteiger partial charge in [0.15, 0.2) is 0 Å². The number of aliphatic hydroxyl groups excluding tert-OH is 1. The second-order valence-electron chi connectivity index (χ2n) is 6.08. The number of nitrogens with one attached hydrogen (secondary N) is 1. The third-order valence-corrected chi connectivity index (χ3v) is 2.78. The predicted molar refractivity (Wildman–Crippen MR) is 76.6 cm³/mol. The lowest BCUT2D eigenvalue weighted by Gasteiger charge is -2.22. The molecule has 1 unspecified atom stereocenters. The van der Waals surface area contributed by atoms with Crippen LogP contribution in [-0.4, -0.2) is 29.7 Å². The SMILES string of the molecule is CC(C)(C)CNC(=O)C(O)[C@@H](N)Cc1ccccc1. The van der Waals surface area contributed by atoms with Crippen molar-refractivity contribution in [3.63, 3.8) is 0 Å². The van der Waals surface area contributed by atoms with Crippen LogP contribution in [0.2, 0.25) is 0 Å². The molecule has 0 fully saturated rings. The van der Waals surface area contributed by atoms with Crippen molar-refractivity contribution in [3.8, 4) is 0 Å². The number of carbonyl (C=O) groups is 1. The van der Waals surface area contributed by atoms with Crippen molar-refractivity contribution in [2.75, 3.05) is 6.54 Å². The summed E-state index contributed by atoms with van der Waals surface area (Å²) in [6, 6.07) is 9.01. The van der Waals surface area contributed by atoms with Crippen molar-refractivity contribution in [2.24, 2.45) is 11.1 Å². The summed E-state index contributed by atoms with van der Waals surface area (Å²) in [5, 5.41) is 12.6. The number of aliphatic hydroxyl groups is 1. The van der Waals surface area contributed by atoms with Crippen LogP contribution in [0.3, 0.4) is 0 Å². The van der Waals surface area contributed by atoms with Gasteiger partial charge in [-0.25, -0.2) is 0 Å². The lowest BCUT2D eigenvalue weighted by molar-refractivity contribution is -0.130. The summed E-state index contributed by atoms with van der Waals surface area (Å²) in [6.07, 6.45) is -0.701. The molecule has 4 heteroatoms. The monoisotopic (exact) mass is 264 g/mol. The molecule has 0 aliphatic carbocycles. The van der Waals surface area contributed by atoms with Crippen molar-refractivity contribution >= 4 is 5.91 Å². The van der Waals surface area contributed by atoms with E-state index in [1.54, 1.807) is 0 Å². The third-order valence-electron chi connectivity index (χ3n) is 2.78. The molecule has 0 bridgehead atoms. The Bertz CT molecular complexity index is 398. The average molecular weight is 264 g/mol. The summed E-state index contributed by atoms with van der Waals surface area (Å²) in [4.78, 5) is 11.8. The topological polar surface area (TPSA) is 75.3 Å². The Morgan fingerprint density at radius 2 is 1.89 bits per heavy atom. The quantitative estimate of drug-likeness (QED) is 0.745. The Morgan fingerprint density at radius 1 is 1.32 bits per heavy atom. The van der Waals surface area contributed by atoms with Crippen molar-refractivity contribution in [3.05, 3.63) is 35.9 Å². The summed E-state index contributed by atoms with van der Waals surface area (Å²) in [5.41, 5.74) is 6.88. The van der Waals surface area contributed by atoms with Gasteiger partial charge in [0.25, 0.3) is 0 Å². The van der Waals surface area contributed by atoms with Gasteiger partial charge < -0.3 is 16.2 Å². The highest BCUT2D eigenvalue weighted by Crippen LogP contribution is 2.11. The largest absolute Gasteiger partial charge is 0.382 e. The minimum Gasteiger partial charge on any atom is -0.382 e. The second kappa shape index (κ2) is 6.68. The van der Waals surface area contributed by atoms with Gasteiger partial charge in [-0.05, 0) is 17.4 Å². The van der Waals surface area contributed by atoms with E-state index in [1.807, 2.05) is 51.1 Å². The molecule has 19 heavy (non-hydrogen) atoms. The predicted octanol–water partition coefficient (Wildman–Crippen LogP) is 1.08.